The molecule has 0 heterocycles. The fourth-order valence-corrected chi connectivity index (χ4v) is 1.17. The van der Waals surface area contributed by atoms with Gasteiger partial charge in [-0.05, 0) is 12.1 Å². The van der Waals surface area contributed by atoms with Crippen LogP contribution in [0.1, 0.15) is 20.7 Å². The van der Waals surface area contributed by atoms with Gasteiger partial charge in [0.25, 0.3) is 0 Å². The number of carbonyl (C=O) groups excluding carboxylic acids is 1. The van der Waals surface area contributed by atoms with E-state index in [4.69, 9.17) is 20.4 Å². The van der Waals surface area contributed by atoms with Crippen molar-refractivity contribution in [2.24, 2.45) is 0 Å². The molecule has 0 spiro atoms. The molecule has 4 N–H and O–H groups in total. The molecule has 0 saturated carbocycles. The number of aliphatic hydroxyl groups excluding tert-OH is 2. The van der Waals surface area contributed by atoms with Gasteiger partial charge in [0, 0.05) is 0 Å². The number of hydrogen-bond donors (Lipinski definition) is 4. The van der Waals surface area contributed by atoms with Gasteiger partial charge in [-0.3, -0.25) is 0 Å². The van der Waals surface area contributed by atoms with Gasteiger partial charge in [0.1, 0.15) is 12.7 Å². The maximum Gasteiger partial charge on any atom is 0.339 e. The van der Waals surface area contributed by atoms with E-state index in [2.05, 4.69) is 4.74 Å². The van der Waals surface area contributed by atoms with Crippen LogP contribution >= 0.6 is 0 Å². The van der Waals surface area contributed by atoms with E-state index in [0.717, 1.165) is 0 Å². The molecule has 0 amide bonds. The van der Waals surface area contributed by atoms with E-state index >= 15 is 0 Å². The molecule has 1 rings (SSSR count). The maximum absolute atomic E-state index is 11.5. The summed E-state index contributed by atoms with van der Waals surface area (Å²) in [6.45, 7) is -0.648. The summed E-state index contributed by atoms with van der Waals surface area (Å²) in [6, 6.07) is 5.40. The van der Waals surface area contributed by atoms with Crippen LogP contribution in [-0.2, 0) is 4.74 Å². The Kier molecular flexibility index (Phi) is 4.78. The van der Waals surface area contributed by atoms with E-state index in [1.54, 1.807) is 0 Å². The molecule has 0 bridgehead atoms. The van der Waals surface area contributed by atoms with Crippen LogP contribution in [0.5, 0.6) is 0 Å². The molecule has 18 heavy (non-hydrogen) atoms. The zero-order valence-corrected chi connectivity index (χ0v) is 9.18. The Balaban J connectivity index is 2.76. The van der Waals surface area contributed by atoms with Gasteiger partial charge in [-0.15, -0.1) is 0 Å². The highest BCUT2D eigenvalue weighted by atomic mass is 16.6. The fourth-order valence-electron chi connectivity index (χ4n) is 1.17. The summed E-state index contributed by atoms with van der Waals surface area (Å²) >= 11 is 0. The van der Waals surface area contributed by atoms with E-state index in [1.807, 2.05) is 0 Å². The van der Waals surface area contributed by atoms with E-state index in [9.17, 15) is 9.59 Å². The van der Waals surface area contributed by atoms with Crippen molar-refractivity contribution < 1.29 is 34.8 Å². The molecule has 0 fully saturated rings. The third kappa shape index (κ3) is 3.52. The first-order chi connectivity index (χ1) is 8.43. The molecule has 0 aliphatic carbocycles. The van der Waals surface area contributed by atoms with E-state index in [-0.39, 0.29) is 11.1 Å². The molecule has 0 radical (unpaired) electrons. The van der Waals surface area contributed by atoms with Gasteiger partial charge in [-0.1, -0.05) is 12.1 Å². The molecule has 98 valence electrons. The van der Waals surface area contributed by atoms with Gasteiger partial charge in [-0.2, -0.15) is 0 Å². The number of carbonyl (C=O) groups is 2. The standard InChI is InChI=1S/C11H12O7/c12-8(10(15)16)5-18-11(17)7-4-2-1-3-6(7)9(13)14/h1-4,8,10,12,15-16H,5H2,(H,13,14). The molecule has 1 aromatic carbocycles. The number of aromatic carboxylic acids is 1. The van der Waals surface area contributed by atoms with Crippen LogP contribution in [-0.4, -0.2) is 51.4 Å². The Morgan fingerprint density at radius 2 is 1.67 bits per heavy atom. The first-order valence-electron chi connectivity index (χ1n) is 4.97. The second-order valence-corrected chi connectivity index (χ2v) is 3.43. The van der Waals surface area contributed by atoms with Crippen molar-refractivity contribution in [2.45, 2.75) is 12.4 Å². The summed E-state index contributed by atoms with van der Waals surface area (Å²) in [5.41, 5.74) is -0.411. The van der Waals surface area contributed by atoms with Gasteiger partial charge in [0.15, 0.2) is 6.29 Å². The highest BCUT2D eigenvalue weighted by Crippen LogP contribution is 2.10. The van der Waals surface area contributed by atoms with Crippen LogP contribution in [0.4, 0.5) is 0 Å². The fraction of sp³-hybridized carbons (Fsp3) is 0.273. The predicted molar refractivity (Wildman–Crippen MR) is 57.9 cm³/mol. The van der Waals surface area contributed by atoms with Crippen molar-refractivity contribution in [1.29, 1.82) is 0 Å². The van der Waals surface area contributed by atoms with Crippen LogP contribution in [0, 0.1) is 0 Å². The predicted octanol–water partition coefficient (Wildman–Crippen LogP) is -0.787. The van der Waals surface area contributed by atoms with Crippen LogP contribution in [0.15, 0.2) is 24.3 Å². The molecular formula is C11H12O7. The molecule has 0 aliphatic heterocycles. The van der Waals surface area contributed by atoms with E-state index in [0.29, 0.717) is 0 Å². The van der Waals surface area contributed by atoms with Gasteiger partial charge < -0.3 is 25.2 Å². The second-order valence-electron chi connectivity index (χ2n) is 3.43. The van der Waals surface area contributed by atoms with Crippen molar-refractivity contribution in [3.8, 4) is 0 Å². The number of ether oxygens (including phenoxy) is 1. The lowest BCUT2D eigenvalue weighted by Gasteiger charge is -2.13. The Morgan fingerprint density at radius 3 is 2.17 bits per heavy atom. The summed E-state index contributed by atoms with van der Waals surface area (Å²) < 4.78 is 4.57. The average Bonchev–Trinajstić information content (AvgIpc) is 2.35. The van der Waals surface area contributed by atoms with Gasteiger partial charge in [0.05, 0.1) is 11.1 Å². The monoisotopic (exact) mass is 256 g/mol. The van der Waals surface area contributed by atoms with Crippen molar-refractivity contribution in [3.63, 3.8) is 0 Å². The van der Waals surface area contributed by atoms with Gasteiger partial charge in [0.2, 0.25) is 0 Å². The summed E-state index contributed by atoms with van der Waals surface area (Å²) in [5, 5.41) is 35.0. The summed E-state index contributed by atoms with van der Waals surface area (Å²) in [4.78, 5) is 22.4. The van der Waals surface area contributed by atoms with Crippen LogP contribution in [0.2, 0.25) is 0 Å². The molecule has 0 aromatic heterocycles. The molecule has 0 aliphatic rings. The lowest BCUT2D eigenvalue weighted by atomic mass is 10.1. The third-order valence-electron chi connectivity index (χ3n) is 2.11. The van der Waals surface area contributed by atoms with Gasteiger partial charge in [-0.25, -0.2) is 9.59 Å². The number of hydrogen-bond acceptors (Lipinski definition) is 6. The zero-order valence-electron chi connectivity index (χ0n) is 9.18. The molecular weight excluding hydrogens is 244 g/mol. The Labute approximate surface area is 102 Å². The van der Waals surface area contributed by atoms with Crippen LogP contribution in [0.3, 0.4) is 0 Å². The molecule has 1 aromatic rings. The molecule has 1 unspecified atom stereocenters. The quantitative estimate of drug-likeness (QED) is 0.402. The van der Waals surface area contributed by atoms with Gasteiger partial charge >= 0.3 is 11.9 Å². The minimum absolute atomic E-state index is 0.176. The lowest BCUT2D eigenvalue weighted by molar-refractivity contribution is -0.135. The maximum atomic E-state index is 11.5. The first kappa shape index (κ1) is 14.1. The zero-order chi connectivity index (χ0) is 13.7. The lowest BCUT2D eigenvalue weighted by Crippen LogP contribution is -2.31. The highest BCUT2D eigenvalue weighted by Gasteiger charge is 2.20. The largest absolute Gasteiger partial charge is 0.478 e. The summed E-state index contributed by atoms with van der Waals surface area (Å²) in [5.74, 6) is -2.25. The van der Waals surface area contributed by atoms with Crippen LogP contribution < -0.4 is 0 Å². The Morgan fingerprint density at radius 1 is 1.11 bits per heavy atom. The summed E-state index contributed by atoms with van der Waals surface area (Å²) in [6.07, 6.45) is -3.68. The Bertz CT molecular complexity index is 441. The van der Waals surface area contributed by atoms with Crippen LogP contribution in [0.25, 0.3) is 0 Å². The summed E-state index contributed by atoms with van der Waals surface area (Å²) in [7, 11) is 0. The number of aliphatic hydroxyl groups is 3. The van der Waals surface area contributed by atoms with Crippen molar-refractivity contribution >= 4 is 11.9 Å². The SMILES string of the molecule is O=C(O)c1ccccc1C(=O)OCC(O)C(O)O. The molecule has 0 saturated heterocycles. The smallest absolute Gasteiger partial charge is 0.339 e. The number of carboxylic acid groups (broad SMARTS) is 1. The first-order valence-corrected chi connectivity index (χ1v) is 4.97. The van der Waals surface area contributed by atoms with E-state index in [1.165, 1.54) is 24.3 Å². The molecule has 7 nitrogen and oxygen atoms in total. The Hall–Kier alpha value is -1.96. The highest BCUT2D eigenvalue weighted by molar-refractivity contribution is 6.02. The average molecular weight is 256 g/mol. The third-order valence-corrected chi connectivity index (χ3v) is 2.11. The number of esters is 1. The topological polar surface area (TPSA) is 124 Å². The molecule has 7 heteroatoms. The second kappa shape index (κ2) is 6.10. The number of rotatable bonds is 5. The number of benzene rings is 1. The van der Waals surface area contributed by atoms with Crippen molar-refractivity contribution in [3.05, 3.63) is 35.4 Å². The molecule has 1 atom stereocenters. The minimum atomic E-state index is -2.03. The van der Waals surface area contributed by atoms with E-state index < -0.39 is 30.9 Å². The van der Waals surface area contributed by atoms with Crippen molar-refractivity contribution in [2.75, 3.05) is 6.61 Å². The number of carboxylic acids is 1. The van der Waals surface area contributed by atoms with Crippen molar-refractivity contribution in [1.82, 2.24) is 0 Å². The normalized spacial score (nSPS) is 12.2. The minimum Gasteiger partial charge on any atom is -0.478 e.